The molecular formula is C17H32N4O2. The van der Waals surface area contributed by atoms with E-state index in [2.05, 4.69) is 36.5 Å². The fraction of sp³-hybridized carbons (Fsp3) is 0.765. The fourth-order valence-corrected chi connectivity index (χ4v) is 2.37. The molecule has 1 aromatic rings. The lowest BCUT2D eigenvalue weighted by Gasteiger charge is -2.27. The summed E-state index contributed by atoms with van der Waals surface area (Å²) >= 11 is 0. The van der Waals surface area contributed by atoms with Crippen LogP contribution in [0.2, 0.25) is 0 Å². The van der Waals surface area contributed by atoms with Crippen LogP contribution in [-0.2, 0) is 11.8 Å². The minimum atomic E-state index is -0.487. The molecule has 0 radical (unpaired) electrons. The average Bonchev–Trinajstić information content (AvgIpc) is 2.70. The molecule has 1 aromatic heterocycles. The highest BCUT2D eigenvalue weighted by atomic mass is 16.6. The predicted molar refractivity (Wildman–Crippen MR) is 92.4 cm³/mol. The van der Waals surface area contributed by atoms with Gasteiger partial charge in [-0.05, 0) is 40.5 Å². The number of hydrogen-bond donors (Lipinski definition) is 2. The summed E-state index contributed by atoms with van der Waals surface area (Å²) in [5.41, 5.74) is 1.71. The van der Waals surface area contributed by atoms with E-state index in [1.54, 1.807) is 0 Å². The van der Waals surface area contributed by atoms with E-state index in [-0.39, 0.29) is 18.2 Å². The number of aryl methyl sites for hydroxylation is 2. The van der Waals surface area contributed by atoms with Crippen molar-refractivity contribution in [3.8, 4) is 0 Å². The molecule has 0 aromatic carbocycles. The Labute approximate surface area is 140 Å². The highest BCUT2D eigenvalue weighted by Gasteiger charge is 2.22. The summed E-state index contributed by atoms with van der Waals surface area (Å²) in [7, 11) is 1.92. The molecule has 2 N–H and O–H groups in total. The van der Waals surface area contributed by atoms with Crippen molar-refractivity contribution in [3.05, 3.63) is 17.5 Å². The monoisotopic (exact) mass is 324 g/mol. The maximum atomic E-state index is 12.0. The second-order valence-corrected chi connectivity index (χ2v) is 7.47. The van der Waals surface area contributed by atoms with Crippen LogP contribution in [0.25, 0.3) is 0 Å². The number of aromatic nitrogens is 2. The topological polar surface area (TPSA) is 68.2 Å². The molecule has 0 saturated carbocycles. The first kappa shape index (κ1) is 19.5. The molecule has 2 unspecified atom stereocenters. The van der Waals surface area contributed by atoms with E-state index in [4.69, 9.17) is 4.74 Å². The van der Waals surface area contributed by atoms with Gasteiger partial charge >= 0.3 is 6.09 Å². The van der Waals surface area contributed by atoms with Crippen molar-refractivity contribution in [1.82, 2.24) is 20.4 Å². The third-order valence-electron chi connectivity index (χ3n) is 3.67. The molecule has 2 atom stereocenters. The Balaban J connectivity index is 2.59. The van der Waals surface area contributed by atoms with Crippen LogP contribution in [0.1, 0.15) is 58.8 Å². The molecule has 23 heavy (non-hydrogen) atoms. The highest BCUT2D eigenvalue weighted by molar-refractivity contribution is 5.68. The zero-order chi connectivity index (χ0) is 17.8. The van der Waals surface area contributed by atoms with E-state index in [0.29, 0.717) is 12.5 Å². The average molecular weight is 324 g/mol. The van der Waals surface area contributed by atoms with Crippen molar-refractivity contribution in [2.24, 2.45) is 13.0 Å². The molecule has 6 heteroatoms. The summed E-state index contributed by atoms with van der Waals surface area (Å²) in [6.07, 6.45) is 1.65. The summed E-state index contributed by atoms with van der Waals surface area (Å²) in [5, 5.41) is 10.8. The lowest BCUT2D eigenvalue weighted by molar-refractivity contribution is 0.0489. The summed E-state index contributed by atoms with van der Waals surface area (Å²) in [4.78, 5) is 12.0. The summed E-state index contributed by atoms with van der Waals surface area (Å²) in [6, 6.07) is 0.176. The fourth-order valence-electron chi connectivity index (χ4n) is 2.37. The Hall–Kier alpha value is -1.56. The summed E-state index contributed by atoms with van der Waals surface area (Å²) in [5.74, 6) is 0.303. The third kappa shape index (κ3) is 6.60. The summed E-state index contributed by atoms with van der Waals surface area (Å²) in [6.45, 7) is 14.6. The number of amides is 1. The van der Waals surface area contributed by atoms with Crippen LogP contribution in [0, 0.1) is 12.8 Å². The van der Waals surface area contributed by atoms with Crippen LogP contribution < -0.4 is 10.6 Å². The van der Waals surface area contributed by atoms with Crippen LogP contribution >= 0.6 is 0 Å². The number of rotatable bonds is 6. The maximum absolute atomic E-state index is 12.0. The predicted octanol–water partition coefficient (Wildman–Crippen LogP) is 2.93. The Morgan fingerprint density at radius 2 is 1.96 bits per heavy atom. The van der Waals surface area contributed by atoms with Gasteiger partial charge in [0.15, 0.2) is 0 Å². The lowest BCUT2D eigenvalue weighted by Crippen LogP contribution is -2.47. The van der Waals surface area contributed by atoms with Gasteiger partial charge in [-0.15, -0.1) is 0 Å². The largest absolute Gasteiger partial charge is 0.444 e. The minimum Gasteiger partial charge on any atom is -0.444 e. The number of carbonyl (C=O) groups is 1. The molecular weight excluding hydrogens is 292 g/mol. The van der Waals surface area contributed by atoms with Crippen LogP contribution in [0.4, 0.5) is 4.79 Å². The number of hydrogen-bond acceptors (Lipinski definition) is 4. The Morgan fingerprint density at radius 3 is 2.39 bits per heavy atom. The van der Waals surface area contributed by atoms with E-state index >= 15 is 0 Å². The van der Waals surface area contributed by atoms with Gasteiger partial charge < -0.3 is 15.4 Å². The standard InChI is InChI=1S/C17H32N4O2/c1-11(2)15(19-16(22)23-17(5,6)7)9-18-12(3)14-10-21(8)20-13(14)4/h10-12,15,18H,9H2,1-8H3,(H,19,22). The van der Waals surface area contributed by atoms with E-state index < -0.39 is 5.60 Å². The maximum Gasteiger partial charge on any atom is 0.407 e. The van der Waals surface area contributed by atoms with Gasteiger partial charge in [-0.2, -0.15) is 5.10 Å². The molecule has 1 amide bonds. The molecule has 0 aliphatic carbocycles. The lowest BCUT2D eigenvalue weighted by atomic mass is 10.0. The molecule has 0 spiro atoms. The molecule has 0 aliphatic heterocycles. The van der Waals surface area contributed by atoms with Gasteiger partial charge in [0.25, 0.3) is 0 Å². The van der Waals surface area contributed by atoms with Gasteiger partial charge in [-0.1, -0.05) is 13.8 Å². The second-order valence-electron chi connectivity index (χ2n) is 7.47. The summed E-state index contributed by atoms with van der Waals surface area (Å²) < 4.78 is 7.16. The SMILES string of the molecule is Cc1nn(C)cc1C(C)NCC(NC(=O)OC(C)(C)C)C(C)C. The van der Waals surface area contributed by atoms with E-state index in [1.807, 2.05) is 45.6 Å². The molecule has 6 nitrogen and oxygen atoms in total. The molecule has 1 rings (SSSR count). The first-order valence-electron chi connectivity index (χ1n) is 8.22. The van der Waals surface area contributed by atoms with E-state index in [0.717, 1.165) is 5.69 Å². The normalized spacial score (nSPS) is 14.7. The highest BCUT2D eigenvalue weighted by Crippen LogP contribution is 2.16. The second kappa shape index (κ2) is 7.81. The van der Waals surface area contributed by atoms with Crippen molar-refractivity contribution in [3.63, 3.8) is 0 Å². The van der Waals surface area contributed by atoms with Crippen molar-refractivity contribution in [1.29, 1.82) is 0 Å². The van der Waals surface area contributed by atoms with Gasteiger partial charge in [-0.3, -0.25) is 4.68 Å². The smallest absolute Gasteiger partial charge is 0.407 e. The molecule has 0 bridgehead atoms. The zero-order valence-corrected chi connectivity index (χ0v) is 15.7. The number of alkyl carbamates (subject to hydrolysis) is 1. The number of nitrogens with zero attached hydrogens (tertiary/aromatic N) is 2. The Kier molecular flexibility index (Phi) is 6.62. The number of carbonyl (C=O) groups excluding carboxylic acids is 1. The Bertz CT molecular complexity index is 517. The van der Waals surface area contributed by atoms with Crippen molar-refractivity contribution >= 4 is 6.09 Å². The van der Waals surface area contributed by atoms with Gasteiger partial charge in [0.2, 0.25) is 0 Å². The van der Waals surface area contributed by atoms with Crippen LogP contribution in [0.3, 0.4) is 0 Å². The number of ether oxygens (including phenoxy) is 1. The first-order valence-corrected chi connectivity index (χ1v) is 8.22. The molecule has 1 heterocycles. The minimum absolute atomic E-state index is 0.00396. The van der Waals surface area contributed by atoms with E-state index in [1.165, 1.54) is 5.56 Å². The first-order chi connectivity index (χ1) is 10.5. The van der Waals surface area contributed by atoms with Crippen LogP contribution in [0.5, 0.6) is 0 Å². The van der Waals surface area contributed by atoms with Crippen molar-refractivity contribution < 1.29 is 9.53 Å². The third-order valence-corrected chi connectivity index (χ3v) is 3.67. The Morgan fingerprint density at radius 1 is 1.35 bits per heavy atom. The quantitative estimate of drug-likeness (QED) is 0.844. The molecule has 0 aliphatic rings. The van der Waals surface area contributed by atoms with Crippen molar-refractivity contribution in [2.75, 3.05) is 6.54 Å². The van der Waals surface area contributed by atoms with Crippen LogP contribution in [-0.4, -0.2) is 34.1 Å². The van der Waals surface area contributed by atoms with E-state index in [9.17, 15) is 4.79 Å². The molecule has 132 valence electrons. The van der Waals surface area contributed by atoms with Gasteiger partial charge in [0.1, 0.15) is 5.60 Å². The zero-order valence-electron chi connectivity index (χ0n) is 15.7. The van der Waals surface area contributed by atoms with Gasteiger partial charge in [0, 0.05) is 37.4 Å². The van der Waals surface area contributed by atoms with Crippen LogP contribution in [0.15, 0.2) is 6.20 Å². The van der Waals surface area contributed by atoms with Gasteiger partial charge in [0.05, 0.1) is 5.69 Å². The molecule has 0 saturated heterocycles. The van der Waals surface area contributed by atoms with Gasteiger partial charge in [-0.25, -0.2) is 4.79 Å². The van der Waals surface area contributed by atoms with Crippen molar-refractivity contribution in [2.45, 2.75) is 66.2 Å². The number of nitrogens with one attached hydrogen (secondary N) is 2. The molecule has 0 fully saturated rings.